The van der Waals surface area contributed by atoms with Crippen LogP contribution >= 0.6 is 0 Å². The first-order chi connectivity index (χ1) is 15.0. The lowest BCUT2D eigenvalue weighted by Crippen LogP contribution is -2.28. The van der Waals surface area contributed by atoms with Gasteiger partial charge in [-0.15, -0.1) is 0 Å². The summed E-state index contributed by atoms with van der Waals surface area (Å²) >= 11 is 0. The average Bonchev–Trinajstić information content (AvgIpc) is 2.79. The maximum absolute atomic E-state index is 13.1. The van der Waals surface area contributed by atoms with E-state index in [2.05, 4.69) is 16.0 Å². The Kier molecular flexibility index (Phi) is 7.59. The second-order valence-electron chi connectivity index (χ2n) is 6.75. The molecule has 0 fully saturated rings. The Hall–Kier alpha value is -3.87. The minimum absolute atomic E-state index is 0.0622. The highest BCUT2D eigenvalue weighted by molar-refractivity contribution is 5.97. The van der Waals surface area contributed by atoms with Crippen molar-refractivity contribution < 1.29 is 18.7 Å². The minimum Gasteiger partial charge on any atom is -0.484 e. The van der Waals surface area contributed by atoms with Gasteiger partial charge in [-0.25, -0.2) is 4.39 Å². The summed E-state index contributed by atoms with van der Waals surface area (Å²) in [5, 5.41) is 8.69. The molecule has 0 bridgehead atoms. The number of carbonyl (C=O) groups excluding carboxylic acids is 2. The van der Waals surface area contributed by atoms with Gasteiger partial charge in [0.05, 0.1) is 0 Å². The van der Waals surface area contributed by atoms with Gasteiger partial charge in [0.2, 0.25) is 0 Å². The Labute approximate surface area is 180 Å². The van der Waals surface area contributed by atoms with Crippen LogP contribution in [0.1, 0.15) is 18.5 Å². The Balaban J connectivity index is 1.70. The molecule has 0 radical (unpaired) electrons. The predicted octanol–water partition coefficient (Wildman–Crippen LogP) is 4.13. The van der Waals surface area contributed by atoms with Gasteiger partial charge in [0.25, 0.3) is 11.8 Å². The van der Waals surface area contributed by atoms with E-state index < -0.39 is 6.04 Å². The van der Waals surface area contributed by atoms with Gasteiger partial charge in [0, 0.05) is 17.9 Å². The minimum atomic E-state index is -0.673. The highest BCUT2D eigenvalue weighted by Gasteiger charge is 2.20. The summed E-state index contributed by atoms with van der Waals surface area (Å²) in [5.74, 6) is -0.297. The molecule has 0 saturated heterocycles. The Morgan fingerprint density at radius 3 is 2.19 bits per heavy atom. The Bertz CT molecular complexity index is 993. The van der Waals surface area contributed by atoms with Gasteiger partial charge in [-0.05, 0) is 61.0 Å². The largest absolute Gasteiger partial charge is 0.484 e. The zero-order valence-corrected chi connectivity index (χ0v) is 17.1. The van der Waals surface area contributed by atoms with Gasteiger partial charge in [-0.1, -0.05) is 30.3 Å². The SMILES string of the molecule is CCNC(=O)COc1ccc(NC(C(=O)Nc2ccc(F)cc2)c2ccccc2)cc1. The van der Waals surface area contributed by atoms with Crippen LogP contribution < -0.4 is 20.7 Å². The zero-order valence-electron chi connectivity index (χ0n) is 17.1. The van der Waals surface area contributed by atoms with Crippen molar-refractivity contribution in [1.29, 1.82) is 0 Å². The second kappa shape index (κ2) is 10.8. The van der Waals surface area contributed by atoms with Crippen molar-refractivity contribution in [3.8, 4) is 5.75 Å². The van der Waals surface area contributed by atoms with Crippen LogP contribution in [0.3, 0.4) is 0 Å². The first kappa shape index (κ1) is 21.8. The molecular formula is C24H24FN3O3. The lowest BCUT2D eigenvalue weighted by Gasteiger charge is -2.20. The number of benzene rings is 3. The van der Waals surface area contributed by atoms with Crippen molar-refractivity contribution >= 4 is 23.2 Å². The lowest BCUT2D eigenvalue weighted by atomic mass is 10.1. The number of hydrogen-bond donors (Lipinski definition) is 3. The van der Waals surface area contributed by atoms with Crippen LogP contribution in [0.15, 0.2) is 78.9 Å². The number of rotatable bonds is 9. The second-order valence-corrected chi connectivity index (χ2v) is 6.75. The molecule has 0 spiro atoms. The van der Waals surface area contributed by atoms with Crippen molar-refractivity contribution in [3.63, 3.8) is 0 Å². The van der Waals surface area contributed by atoms with E-state index >= 15 is 0 Å². The molecule has 3 aromatic carbocycles. The van der Waals surface area contributed by atoms with Crippen LogP contribution in [0.25, 0.3) is 0 Å². The molecule has 0 heterocycles. The molecule has 3 N–H and O–H groups in total. The van der Waals surface area contributed by atoms with Crippen molar-refractivity contribution in [2.45, 2.75) is 13.0 Å². The molecule has 1 atom stereocenters. The van der Waals surface area contributed by atoms with Crippen LogP contribution in [-0.4, -0.2) is 25.0 Å². The number of ether oxygens (including phenoxy) is 1. The molecule has 31 heavy (non-hydrogen) atoms. The summed E-state index contributed by atoms with van der Waals surface area (Å²) in [6.45, 7) is 2.33. The molecule has 160 valence electrons. The van der Waals surface area contributed by atoms with E-state index in [-0.39, 0.29) is 24.2 Å². The van der Waals surface area contributed by atoms with E-state index in [1.165, 1.54) is 24.3 Å². The van der Waals surface area contributed by atoms with E-state index in [1.807, 2.05) is 37.3 Å². The van der Waals surface area contributed by atoms with Gasteiger partial charge >= 0.3 is 0 Å². The monoisotopic (exact) mass is 421 g/mol. The standard InChI is InChI=1S/C24H24FN3O3/c1-2-26-22(29)16-31-21-14-12-19(13-15-21)27-23(17-6-4-3-5-7-17)24(30)28-20-10-8-18(25)9-11-20/h3-15,23,27H,2,16H2,1H3,(H,26,29)(H,28,30). The quantitative estimate of drug-likeness (QED) is 0.485. The fraction of sp³-hybridized carbons (Fsp3) is 0.167. The molecule has 3 rings (SSSR count). The van der Waals surface area contributed by atoms with Gasteiger partial charge in [0.1, 0.15) is 17.6 Å². The number of likely N-dealkylation sites (N-methyl/N-ethyl adjacent to an activating group) is 1. The Morgan fingerprint density at radius 2 is 1.55 bits per heavy atom. The number of hydrogen-bond acceptors (Lipinski definition) is 4. The molecule has 0 aliphatic carbocycles. The third kappa shape index (κ3) is 6.57. The van der Waals surface area contributed by atoms with Gasteiger partial charge in [0.15, 0.2) is 6.61 Å². The number of carbonyl (C=O) groups is 2. The van der Waals surface area contributed by atoms with E-state index in [1.54, 1.807) is 24.3 Å². The highest BCUT2D eigenvalue weighted by Crippen LogP contribution is 2.23. The molecule has 0 aromatic heterocycles. The predicted molar refractivity (Wildman–Crippen MR) is 118 cm³/mol. The van der Waals surface area contributed by atoms with Gasteiger partial charge < -0.3 is 20.7 Å². The first-order valence-corrected chi connectivity index (χ1v) is 9.92. The van der Waals surface area contributed by atoms with Crippen LogP contribution in [0, 0.1) is 5.82 Å². The normalized spacial score (nSPS) is 11.3. The molecule has 6 nitrogen and oxygen atoms in total. The zero-order chi connectivity index (χ0) is 22.1. The van der Waals surface area contributed by atoms with Crippen LogP contribution in [-0.2, 0) is 9.59 Å². The molecule has 2 amide bonds. The maximum Gasteiger partial charge on any atom is 0.257 e. The summed E-state index contributed by atoms with van der Waals surface area (Å²) in [6.07, 6.45) is 0. The van der Waals surface area contributed by atoms with E-state index in [9.17, 15) is 14.0 Å². The van der Waals surface area contributed by atoms with Gasteiger partial charge in [-0.2, -0.15) is 0 Å². The molecule has 0 aliphatic heterocycles. The summed E-state index contributed by atoms with van der Waals surface area (Å²) in [6, 6.07) is 21.2. The highest BCUT2D eigenvalue weighted by atomic mass is 19.1. The lowest BCUT2D eigenvalue weighted by molar-refractivity contribution is -0.123. The van der Waals surface area contributed by atoms with Crippen molar-refractivity contribution in [2.75, 3.05) is 23.8 Å². The summed E-state index contributed by atoms with van der Waals surface area (Å²) in [4.78, 5) is 24.5. The fourth-order valence-electron chi connectivity index (χ4n) is 2.90. The summed E-state index contributed by atoms with van der Waals surface area (Å²) < 4.78 is 18.6. The first-order valence-electron chi connectivity index (χ1n) is 9.92. The van der Waals surface area contributed by atoms with E-state index in [0.29, 0.717) is 23.7 Å². The van der Waals surface area contributed by atoms with Gasteiger partial charge in [-0.3, -0.25) is 9.59 Å². The van der Waals surface area contributed by atoms with Crippen molar-refractivity contribution in [1.82, 2.24) is 5.32 Å². The third-order valence-electron chi connectivity index (χ3n) is 4.42. The molecule has 3 aromatic rings. The molecular weight excluding hydrogens is 397 g/mol. The van der Waals surface area contributed by atoms with Crippen LogP contribution in [0.5, 0.6) is 5.75 Å². The average molecular weight is 421 g/mol. The summed E-state index contributed by atoms with van der Waals surface area (Å²) in [7, 11) is 0. The van der Waals surface area contributed by atoms with Crippen molar-refractivity contribution in [3.05, 3.63) is 90.2 Å². The smallest absolute Gasteiger partial charge is 0.257 e. The topological polar surface area (TPSA) is 79.5 Å². The molecule has 0 aliphatic rings. The molecule has 7 heteroatoms. The number of amides is 2. The third-order valence-corrected chi connectivity index (χ3v) is 4.42. The van der Waals surface area contributed by atoms with Crippen LogP contribution in [0.4, 0.5) is 15.8 Å². The fourth-order valence-corrected chi connectivity index (χ4v) is 2.90. The summed E-state index contributed by atoms with van der Waals surface area (Å²) in [5.41, 5.74) is 1.98. The molecule has 0 saturated carbocycles. The van der Waals surface area contributed by atoms with E-state index in [4.69, 9.17) is 4.74 Å². The number of halogens is 1. The maximum atomic E-state index is 13.1. The number of anilines is 2. The van der Waals surface area contributed by atoms with Crippen molar-refractivity contribution in [2.24, 2.45) is 0 Å². The van der Waals surface area contributed by atoms with E-state index in [0.717, 1.165) is 5.56 Å². The number of nitrogens with one attached hydrogen (secondary N) is 3. The Morgan fingerprint density at radius 1 is 0.903 bits per heavy atom. The molecule has 1 unspecified atom stereocenters. The van der Waals surface area contributed by atoms with Crippen LogP contribution in [0.2, 0.25) is 0 Å².